The van der Waals surface area contributed by atoms with Gasteiger partial charge in [-0.05, 0) is 56.7 Å². The summed E-state index contributed by atoms with van der Waals surface area (Å²) in [6, 6.07) is 3.77. The van der Waals surface area contributed by atoms with Gasteiger partial charge in [0.15, 0.2) is 11.5 Å². The molecule has 222 valence electrons. The molecule has 9 nitrogen and oxygen atoms in total. The number of hydrogen-bond acceptors (Lipinski definition) is 9. The van der Waals surface area contributed by atoms with Crippen LogP contribution in [-0.4, -0.2) is 98.2 Å². The van der Waals surface area contributed by atoms with Crippen LogP contribution in [0.5, 0.6) is 11.5 Å². The number of piperidine rings is 1. The number of nitrogens with one attached hydrogen (secondary N) is 1. The first-order valence-electron chi connectivity index (χ1n) is 14.7. The fourth-order valence-corrected chi connectivity index (χ4v) is 5.88. The summed E-state index contributed by atoms with van der Waals surface area (Å²) < 4.78 is 45.3. The SMILES string of the molecule is COc1cc2c(NCC3C[C@H](CO)OC[C@H]3C)nc(N3CCC(F)(F)CC3)nc2cc1OCCCN1CCCC1. The first-order chi connectivity index (χ1) is 19.3. The van der Waals surface area contributed by atoms with Gasteiger partial charge in [0.05, 0.1) is 31.9 Å². The summed E-state index contributed by atoms with van der Waals surface area (Å²) in [4.78, 5) is 13.9. The second-order valence-electron chi connectivity index (χ2n) is 11.5. The van der Waals surface area contributed by atoms with Gasteiger partial charge in [0.1, 0.15) is 5.82 Å². The van der Waals surface area contributed by atoms with Crippen LogP contribution in [0.2, 0.25) is 0 Å². The molecule has 40 heavy (non-hydrogen) atoms. The number of hydrogen-bond donors (Lipinski definition) is 2. The number of aliphatic hydroxyl groups excluding tert-OH is 1. The van der Waals surface area contributed by atoms with E-state index >= 15 is 0 Å². The van der Waals surface area contributed by atoms with Crippen molar-refractivity contribution in [1.82, 2.24) is 14.9 Å². The molecule has 0 radical (unpaired) electrons. The Balaban J connectivity index is 1.38. The quantitative estimate of drug-likeness (QED) is 0.391. The van der Waals surface area contributed by atoms with Gasteiger partial charge in [-0.15, -0.1) is 0 Å². The second-order valence-corrected chi connectivity index (χ2v) is 11.5. The summed E-state index contributed by atoms with van der Waals surface area (Å²) in [6.45, 7) is 7.67. The Morgan fingerprint density at radius 1 is 1.12 bits per heavy atom. The number of methoxy groups -OCH3 is 1. The molecule has 2 aromatic rings. The fraction of sp³-hybridized carbons (Fsp3) is 0.724. The van der Waals surface area contributed by atoms with Crippen molar-refractivity contribution < 1.29 is 28.1 Å². The second kappa shape index (κ2) is 13.0. The molecule has 3 aliphatic rings. The van der Waals surface area contributed by atoms with E-state index in [1.165, 1.54) is 12.8 Å². The summed E-state index contributed by atoms with van der Waals surface area (Å²) in [7, 11) is 1.62. The zero-order valence-corrected chi connectivity index (χ0v) is 23.7. The Morgan fingerprint density at radius 3 is 2.62 bits per heavy atom. The molecule has 2 N–H and O–H groups in total. The standard InChI is InChI=1S/C29H43F2N5O4/c1-20-19-40-22(18-37)14-21(20)17-32-27-23-15-25(38-2)26(39-13-5-10-35-8-3-4-9-35)16-24(23)33-28(34-27)36-11-6-29(30,31)7-12-36/h15-16,20-22,37H,3-14,17-19H2,1-2H3,(H,32,33,34)/t20-,21?,22-/m1/s1. The first-order valence-corrected chi connectivity index (χ1v) is 14.7. The number of halogens is 2. The van der Waals surface area contributed by atoms with Gasteiger partial charge >= 0.3 is 0 Å². The van der Waals surface area contributed by atoms with Crippen molar-refractivity contribution in [2.45, 2.75) is 57.5 Å². The lowest BCUT2D eigenvalue weighted by atomic mass is 9.87. The van der Waals surface area contributed by atoms with Crippen molar-refractivity contribution in [3.05, 3.63) is 12.1 Å². The molecule has 5 rings (SSSR count). The number of nitrogens with zero attached hydrogens (tertiary/aromatic N) is 4. The molecule has 1 aromatic carbocycles. The van der Waals surface area contributed by atoms with Gasteiger partial charge in [0.2, 0.25) is 5.95 Å². The molecule has 11 heteroatoms. The average Bonchev–Trinajstić information content (AvgIpc) is 3.48. The van der Waals surface area contributed by atoms with Crippen LogP contribution in [0, 0.1) is 11.8 Å². The van der Waals surface area contributed by atoms with Gasteiger partial charge in [0.25, 0.3) is 5.92 Å². The number of rotatable bonds is 11. The Morgan fingerprint density at radius 2 is 1.90 bits per heavy atom. The number of aliphatic hydroxyl groups is 1. The molecule has 3 aliphatic heterocycles. The number of likely N-dealkylation sites (tertiary alicyclic amines) is 1. The maximum Gasteiger partial charge on any atom is 0.251 e. The van der Waals surface area contributed by atoms with Crippen molar-refractivity contribution in [1.29, 1.82) is 0 Å². The Hall–Kier alpha value is -2.50. The van der Waals surface area contributed by atoms with Gasteiger partial charge in [0, 0.05) is 57.1 Å². The maximum atomic E-state index is 13.9. The van der Waals surface area contributed by atoms with Crippen LogP contribution in [0.25, 0.3) is 10.9 Å². The van der Waals surface area contributed by atoms with Gasteiger partial charge in [-0.2, -0.15) is 4.98 Å². The van der Waals surface area contributed by atoms with Crippen LogP contribution in [-0.2, 0) is 4.74 Å². The molecule has 0 aliphatic carbocycles. The minimum atomic E-state index is -2.65. The predicted octanol–water partition coefficient (Wildman–Crippen LogP) is 4.18. The fourth-order valence-electron chi connectivity index (χ4n) is 5.88. The van der Waals surface area contributed by atoms with Crippen LogP contribution in [0.3, 0.4) is 0 Å². The molecule has 3 saturated heterocycles. The number of aromatic nitrogens is 2. The molecule has 0 bridgehead atoms. The third-order valence-corrected chi connectivity index (χ3v) is 8.52. The summed E-state index contributed by atoms with van der Waals surface area (Å²) in [5, 5.41) is 13.9. The topological polar surface area (TPSA) is 92.2 Å². The molecule has 1 unspecified atom stereocenters. The van der Waals surface area contributed by atoms with E-state index in [-0.39, 0.29) is 44.6 Å². The summed E-state index contributed by atoms with van der Waals surface area (Å²) in [5.41, 5.74) is 0.674. The molecule has 0 saturated carbocycles. The monoisotopic (exact) mass is 563 g/mol. The van der Waals surface area contributed by atoms with E-state index in [9.17, 15) is 13.9 Å². The van der Waals surface area contributed by atoms with Gasteiger partial charge in [-0.3, -0.25) is 0 Å². The molecule has 0 spiro atoms. The predicted molar refractivity (Wildman–Crippen MR) is 151 cm³/mol. The third-order valence-electron chi connectivity index (χ3n) is 8.52. The molecule has 3 fully saturated rings. The number of benzene rings is 1. The van der Waals surface area contributed by atoms with Gasteiger partial charge < -0.3 is 34.4 Å². The molecule has 4 heterocycles. The highest BCUT2D eigenvalue weighted by molar-refractivity contribution is 5.92. The lowest BCUT2D eigenvalue weighted by Crippen LogP contribution is -2.40. The summed E-state index contributed by atoms with van der Waals surface area (Å²) >= 11 is 0. The van der Waals surface area contributed by atoms with Crippen molar-refractivity contribution in [3.8, 4) is 11.5 Å². The smallest absolute Gasteiger partial charge is 0.251 e. The number of fused-ring (bicyclic) bond motifs is 1. The third kappa shape index (κ3) is 7.03. The number of ether oxygens (including phenoxy) is 3. The normalized spacial score (nSPS) is 25.3. The lowest BCUT2D eigenvalue weighted by Gasteiger charge is -2.34. The van der Waals surface area contributed by atoms with E-state index < -0.39 is 5.92 Å². The summed E-state index contributed by atoms with van der Waals surface area (Å²) in [6.07, 6.45) is 3.61. The van der Waals surface area contributed by atoms with E-state index in [2.05, 4.69) is 17.1 Å². The van der Waals surface area contributed by atoms with Crippen molar-refractivity contribution in [2.24, 2.45) is 11.8 Å². The molecule has 3 atom stereocenters. The van der Waals surface area contributed by atoms with Crippen molar-refractivity contribution >= 4 is 22.7 Å². The summed E-state index contributed by atoms with van der Waals surface area (Å²) in [5.74, 6) is 0.238. The van der Waals surface area contributed by atoms with Crippen molar-refractivity contribution in [3.63, 3.8) is 0 Å². The Bertz CT molecular complexity index is 1120. The van der Waals surface area contributed by atoms with Crippen LogP contribution < -0.4 is 19.7 Å². The first kappa shape index (κ1) is 29.0. The average molecular weight is 564 g/mol. The minimum absolute atomic E-state index is 0.00140. The zero-order chi connectivity index (χ0) is 28.1. The minimum Gasteiger partial charge on any atom is -0.493 e. The Labute approximate surface area is 235 Å². The van der Waals surface area contributed by atoms with E-state index in [1.54, 1.807) is 7.11 Å². The highest BCUT2D eigenvalue weighted by Crippen LogP contribution is 2.37. The largest absolute Gasteiger partial charge is 0.493 e. The molecular formula is C29H43F2N5O4. The zero-order valence-electron chi connectivity index (χ0n) is 23.7. The molecular weight excluding hydrogens is 520 g/mol. The van der Waals surface area contributed by atoms with Crippen molar-refractivity contribution in [2.75, 3.05) is 76.4 Å². The van der Waals surface area contributed by atoms with E-state index in [0.29, 0.717) is 54.5 Å². The molecule has 0 amide bonds. The maximum absolute atomic E-state index is 13.9. The highest BCUT2D eigenvalue weighted by atomic mass is 19.3. The molecule has 1 aromatic heterocycles. The van der Waals surface area contributed by atoms with Gasteiger partial charge in [-0.25, -0.2) is 13.8 Å². The highest BCUT2D eigenvalue weighted by Gasteiger charge is 2.35. The van der Waals surface area contributed by atoms with Crippen LogP contribution >= 0.6 is 0 Å². The lowest BCUT2D eigenvalue weighted by molar-refractivity contribution is -0.0613. The van der Waals surface area contributed by atoms with Crippen LogP contribution in [0.4, 0.5) is 20.5 Å². The van der Waals surface area contributed by atoms with E-state index in [1.807, 2.05) is 17.0 Å². The Kier molecular flexibility index (Phi) is 9.42. The van der Waals surface area contributed by atoms with E-state index in [4.69, 9.17) is 24.2 Å². The number of anilines is 2. The number of alkyl halides is 2. The van der Waals surface area contributed by atoms with Crippen LogP contribution in [0.15, 0.2) is 12.1 Å². The van der Waals surface area contributed by atoms with E-state index in [0.717, 1.165) is 37.9 Å². The van der Waals surface area contributed by atoms with Gasteiger partial charge in [-0.1, -0.05) is 6.92 Å². The van der Waals surface area contributed by atoms with Crippen LogP contribution in [0.1, 0.15) is 45.4 Å².